The lowest BCUT2D eigenvalue weighted by Crippen LogP contribution is -1.97. The zero-order chi connectivity index (χ0) is 12.3. The molecule has 1 aromatic heterocycles. The van der Waals surface area contributed by atoms with Gasteiger partial charge in [0.2, 0.25) is 0 Å². The maximum atomic E-state index is 12.9. The molecule has 1 N–H and O–H groups in total. The summed E-state index contributed by atoms with van der Waals surface area (Å²) in [5, 5.41) is 4.48. The minimum Gasteiger partial charge on any atom is -0.362 e. The minimum atomic E-state index is -0.326. The Morgan fingerprint density at radius 2 is 2.29 bits per heavy atom. The monoisotopic (exact) mass is 270 g/mol. The number of aromatic nitrogens is 1. The van der Waals surface area contributed by atoms with Gasteiger partial charge in [-0.2, -0.15) is 0 Å². The van der Waals surface area contributed by atoms with Gasteiger partial charge in [-0.05, 0) is 24.6 Å². The molecule has 0 atom stereocenters. The van der Waals surface area contributed by atoms with Gasteiger partial charge in [0, 0.05) is 18.3 Å². The number of hydrogen-bond acceptors (Lipinski definition) is 3. The molecule has 2 aromatic rings. The third kappa shape index (κ3) is 2.96. The van der Waals surface area contributed by atoms with Crippen molar-refractivity contribution >= 4 is 28.1 Å². The molecule has 5 heteroatoms. The van der Waals surface area contributed by atoms with E-state index in [0.29, 0.717) is 5.02 Å². The summed E-state index contributed by atoms with van der Waals surface area (Å²) in [6.45, 7) is 2.99. The first-order chi connectivity index (χ1) is 8.20. The van der Waals surface area contributed by atoms with Crippen LogP contribution < -0.4 is 5.32 Å². The van der Waals surface area contributed by atoms with E-state index in [1.54, 1.807) is 12.3 Å². The zero-order valence-corrected chi connectivity index (χ0v) is 10.9. The molecule has 0 amide bonds. The Morgan fingerprint density at radius 1 is 1.47 bits per heavy atom. The van der Waals surface area contributed by atoms with Gasteiger partial charge in [0.05, 0.1) is 9.90 Å². The van der Waals surface area contributed by atoms with E-state index in [1.807, 2.05) is 0 Å². The highest BCUT2D eigenvalue weighted by Crippen LogP contribution is 2.34. The molecule has 0 radical (unpaired) electrons. The molecule has 2 rings (SSSR count). The van der Waals surface area contributed by atoms with Crippen LogP contribution in [0.3, 0.4) is 0 Å². The van der Waals surface area contributed by atoms with Gasteiger partial charge in [-0.15, -0.1) is 0 Å². The van der Waals surface area contributed by atoms with Crippen LogP contribution in [0.2, 0.25) is 5.02 Å². The number of nitrogens with zero attached hydrogens (tertiary/aromatic N) is 1. The van der Waals surface area contributed by atoms with Crippen molar-refractivity contribution in [2.75, 3.05) is 11.9 Å². The number of anilines is 1. The van der Waals surface area contributed by atoms with Gasteiger partial charge in [-0.3, -0.25) is 0 Å². The first-order valence-electron chi connectivity index (χ1n) is 5.36. The summed E-state index contributed by atoms with van der Waals surface area (Å²) < 4.78 is 12.9. The van der Waals surface area contributed by atoms with E-state index >= 15 is 0 Å². The molecule has 2 nitrogen and oxygen atoms in total. The summed E-state index contributed by atoms with van der Waals surface area (Å²) in [5.41, 5.74) is 0.815. The van der Waals surface area contributed by atoms with Gasteiger partial charge in [0.25, 0.3) is 0 Å². The Hall–Kier alpha value is -1.13. The average molecular weight is 271 g/mol. The second-order valence-electron chi connectivity index (χ2n) is 3.58. The molecule has 0 aliphatic rings. The van der Waals surface area contributed by atoms with Crippen LogP contribution in [0.1, 0.15) is 13.3 Å². The molecule has 0 saturated carbocycles. The quantitative estimate of drug-likeness (QED) is 0.889. The lowest BCUT2D eigenvalue weighted by atomic mass is 10.2. The third-order valence-corrected chi connectivity index (χ3v) is 3.53. The van der Waals surface area contributed by atoms with Crippen LogP contribution in [-0.4, -0.2) is 11.5 Å². The van der Waals surface area contributed by atoms with Crippen LogP contribution in [0.15, 0.2) is 24.4 Å². The highest BCUT2D eigenvalue weighted by atomic mass is 35.5. The van der Waals surface area contributed by atoms with E-state index in [-0.39, 0.29) is 5.82 Å². The molecule has 90 valence electrons. The van der Waals surface area contributed by atoms with Crippen LogP contribution in [-0.2, 0) is 0 Å². The fraction of sp³-hybridized carbons (Fsp3) is 0.250. The average Bonchev–Trinajstić information content (AvgIpc) is 2.75. The molecular formula is C12H12ClFN2S. The molecule has 1 heterocycles. The summed E-state index contributed by atoms with van der Waals surface area (Å²) in [6, 6.07) is 4.39. The van der Waals surface area contributed by atoms with E-state index in [2.05, 4.69) is 17.2 Å². The molecular weight excluding hydrogens is 259 g/mol. The Bertz CT molecular complexity index is 513. The third-order valence-electron chi connectivity index (χ3n) is 2.23. The van der Waals surface area contributed by atoms with Gasteiger partial charge in [0.1, 0.15) is 5.82 Å². The van der Waals surface area contributed by atoms with E-state index in [0.717, 1.165) is 28.5 Å². The molecule has 1 aromatic carbocycles. The molecule has 0 aliphatic heterocycles. The predicted molar refractivity (Wildman–Crippen MR) is 71.3 cm³/mol. The van der Waals surface area contributed by atoms with Gasteiger partial charge >= 0.3 is 0 Å². The van der Waals surface area contributed by atoms with E-state index < -0.39 is 0 Å². The molecule has 0 bridgehead atoms. The fourth-order valence-corrected chi connectivity index (χ4v) is 2.61. The van der Waals surface area contributed by atoms with Gasteiger partial charge in [0.15, 0.2) is 5.13 Å². The van der Waals surface area contributed by atoms with Crippen molar-refractivity contribution in [3.63, 3.8) is 0 Å². The van der Waals surface area contributed by atoms with Crippen LogP contribution in [0.25, 0.3) is 10.4 Å². The Morgan fingerprint density at radius 3 is 3.00 bits per heavy atom. The number of rotatable bonds is 4. The van der Waals surface area contributed by atoms with Crippen molar-refractivity contribution in [1.82, 2.24) is 4.98 Å². The SMILES string of the molecule is CCCNc1ncc(-c2ccc(F)cc2Cl)s1. The lowest BCUT2D eigenvalue weighted by Gasteiger charge is -2.00. The molecule has 0 fully saturated rings. The second-order valence-corrected chi connectivity index (χ2v) is 5.02. The smallest absolute Gasteiger partial charge is 0.183 e. The highest BCUT2D eigenvalue weighted by Gasteiger charge is 2.08. The predicted octanol–water partition coefficient (Wildman–Crippen LogP) is 4.42. The Kier molecular flexibility index (Phi) is 3.97. The summed E-state index contributed by atoms with van der Waals surface area (Å²) in [7, 11) is 0. The van der Waals surface area contributed by atoms with Crippen molar-refractivity contribution in [2.24, 2.45) is 0 Å². The summed E-state index contributed by atoms with van der Waals surface area (Å²) >= 11 is 7.51. The normalized spacial score (nSPS) is 10.5. The molecule has 0 saturated heterocycles. The number of hydrogen-bond donors (Lipinski definition) is 1. The largest absolute Gasteiger partial charge is 0.362 e. The minimum absolute atomic E-state index is 0.326. The van der Waals surface area contributed by atoms with Crippen molar-refractivity contribution < 1.29 is 4.39 Å². The molecule has 0 unspecified atom stereocenters. The number of benzene rings is 1. The van der Waals surface area contributed by atoms with Gasteiger partial charge in [-0.1, -0.05) is 29.9 Å². The number of nitrogens with one attached hydrogen (secondary N) is 1. The van der Waals surface area contributed by atoms with Gasteiger partial charge in [-0.25, -0.2) is 9.37 Å². The van der Waals surface area contributed by atoms with Crippen molar-refractivity contribution in [3.8, 4) is 10.4 Å². The van der Waals surface area contributed by atoms with Crippen molar-refractivity contribution in [3.05, 3.63) is 35.2 Å². The van der Waals surface area contributed by atoms with Crippen LogP contribution in [0.4, 0.5) is 9.52 Å². The van der Waals surface area contributed by atoms with E-state index in [9.17, 15) is 4.39 Å². The number of thiazole rings is 1. The standard InChI is InChI=1S/C12H12ClFN2S/c1-2-5-15-12-16-7-11(17-12)9-4-3-8(14)6-10(9)13/h3-4,6-7H,2,5H2,1H3,(H,15,16). The van der Waals surface area contributed by atoms with Crippen molar-refractivity contribution in [2.45, 2.75) is 13.3 Å². The number of halogens is 2. The lowest BCUT2D eigenvalue weighted by molar-refractivity contribution is 0.628. The van der Waals surface area contributed by atoms with E-state index in [4.69, 9.17) is 11.6 Å². The van der Waals surface area contributed by atoms with Crippen molar-refractivity contribution in [1.29, 1.82) is 0 Å². The Balaban J connectivity index is 2.24. The van der Waals surface area contributed by atoms with Crippen LogP contribution in [0, 0.1) is 5.82 Å². The van der Waals surface area contributed by atoms with E-state index in [1.165, 1.54) is 23.5 Å². The highest BCUT2D eigenvalue weighted by molar-refractivity contribution is 7.18. The Labute approximate surface area is 108 Å². The summed E-state index contributed by atoms with van der Waals surface area (Å²) in [6.07, 6.45) is 2.80. The molecule has 0 aliphatic carbocycles. The molecule has 0 spiro atoms. The maximum Gasteiger partial charge on any atom is 0.183 e. The van der Waals surface area contributed by atoms with Crippen LogP contribution in [0.5, 0.6) is 0 Å². The maximum absolute atomic E-state index is 12.9. The topological polar surface area (TPSA) is 24.9 Å². The summed E-state index contributed by atoms with van der Waals surface area (Å²) in [5.74, 6) is -0.326. The molecule has 17 heavy (non-hydrogen) atoms. The second kappa shape index (κ2) is 5.47. The first-order valence-corrected chi connectivity index (χ1v) is 6.55. The first kappa shape index (κ1) is 12.3. The van der Waals surface area contributed by atoms with Gasteiger partial charge < -0.3 is 5.32 Å². The fourth-order valence-electron chi connectivity index (χ4n) is 1.40. The summed E-state index contributed by atoms with van der Waals surface area (Å²) in [4.78, 5) is 5.19. The zero-order valence-electron chi connectivity index (χ0n) is 9.34. The van der Waals surface area contributed by atoms with Crippen LogP contribution >= 0.6 is 22.9 Å².